The van der Waals surface area contributed by atoms with Gasteiger partial charge in [0.05, 0.1) is 0 Å². The van der Waals surface area contributed by atoms with E-state index >= 15 is 0 Å². The first-order valence-corrected chi connectivity index (χ1v) is 10.1. The summed E-state index contributed by atoms with van der Waals surface area (Å²) < 4.78 is 2.56. The summed E-state index contributed by atoms with van der Waals surface area (Å²) in [7, 11) is 0. The number of halogens is 1. The molecule has 3 rings (SSSR count). The molecule has 0 spiro atoms. The molecule has 0 bridgehead atoms. The molecule has 6 nitrogen and oxygen atoms in total. The molecule has 0 saturated heterocycles. The number of Topliss-reactive ketones (excluding diaryl/α,β-unsaturated/α-hetero) is 1. The van der Waals surface area contributed by atoms with Crippen molar-refractivity contribution >= 4 is 21.7 Å². The third kappa shape index (κ3) is 4.70. The quantitative estimate of drug-likeness (QED) is 0.509. The van der Waals surface area contributed by atoms with Gasteiger partial charge in [-0.25, -0.2) is 15.0 Å². The minimum Gasteiger partial charge on any atom is -0.294 e. The maximum atomic E-state index is 12.8. The summed E-state index contributed by atoms with van der Waals surface area (Å²) in [6.45, 7) is 8.47. The minimum absolute atomic E-state index is 0.0157. The Morgan fingerprint density at radius 3 is 2.54 bits per heavy atom. The molecule has 0 N–H and O–H groups in total. The lowest BCUT2D eigenvalue weighted by Gasteiger charge is -2.20. The van der Waals surface area contributed by atoms with E-state index in [1.54, 1.807) is 23.1 Å². The van der Waals surface area contributed by atoms with E-state index in [-0.39, 0.29) is 17.1 Å². The molecule has 0 fully saturated rings. The fraction of sp³-hybridized carbons (Fsp3) is 0.381. The Morgan fingerprint density at radius 2 is 1.86 bits per heavy atom. The molecule has 7 heteroatoms. The SMILES string of the molecule is CC(CCC(=O)c1cc(Br)cc(C(C)(C)C)c1)c1ncnn1-c1ncccn1. The number of hydrogen-bond donors (Lipinski definition) is 0. The Balaban J connectivity index is 1.73. The average Bonchev–Trinajstić information content (AvgIpc) is 3.15. The van der Waals surface area contributed by atoms with Gasteiger partial charge >= 0.3 is 0 Å². The van der Waals surface area contributed by atoms with E-state index in [1.807, 2.05) is 19.1 Å². The number of benzene rings is 1. The second-order valence-corrected chi connectivity index (χ2v) is 8.84. The first-order valence-electron chi connectivity index (χ1n) is 9.27. The molecular weight excluding hydrogens is 418 g/mol. The van der Waals surface area contributed by atoms with Crippen LogP contribution >= 0.6 is 15.9 Å². The van der Waals surface area contributed by atoms with E-state index in [0.29, 0.717) is 18.8 Å². The van der Waals surface area contributed by atoms with Gasteiger partial charge in [0.1, 0.15) is 12.2 Å². The molecule has 0 aliphatic heterocycles. The van der Waals surface area contributed by atoms with Crippen molar-refractivity contribution in [2.75, 3.05) is 0 Å². The highest BCUT2D eigenvalue weighted by Gasteiger charge is 2.20. The summed E-state index contributed by atoms with van der Waals surface area (Å²) in [4.78, 5) is 25.6. The number of rotatable bonds is 6. The zero-order valence-corrected chi connectivity index (χ0v) is 18.1. The van der Waals surface area contributed by atoms with Crippen molar-refractivity contribution in [1.29, 1.82) is 0 Å². The van der Waals surface area contributed by atoms with Crippen LogP contribution in [0.1, 0.15) is 68.2 Å². The van der Waals surface area contributed by atoms with E-state index < -0.39 is 0 Å². The summed E-state index contributed by atoms with van der Waals surface area (Å²) in [6.07, 6.45) is 5.93. The van der Waals surface area contributed by atoms with Crippen LogP contribution in [0.15, 0.2) is 47.5 Å². The maximum Gasteiger partial charge on any atom is 0.252 e. The molecule has 0 radical (unpaired) electrons. The van der Waals surface area contributed by atoms with E-state index in [0.717, 1.165) is 21.4 Å². The summed E-state index contributed by atoms with van der Waals surface area (Å²) in [5.41, 5.74) is 1.86. The Morgan fingerprint density at radius 1 is 1.14 bits per heavy atom. The van der Waals surface area contributed by atoms with Gasteiger partial charge in [-0.15, -0.1) is 0 Å². The number of carbonyl (C=O) groups excluding carboxylic acids is 1. The van der Waals surface area contributed by atoms with Crippen LogP contribution in [-0.4, -0.2) is 30.5 Å². The minimum atomic E-state index is -0.0157. The van der Waals surface area contributed by atoms with Crippen molar-refractivity contribution in [3.63, 3.8) is 0 Å². The van der Waals surface area contributed by atoms with Gasteiger partial charge in [0, 0.05) is 34.8 Å². The van der Waals surface area contributed by atoms with Crippen molar-refractivity contribution < 1.29 is 4.79 Å². The second-order valence-electron chi connectivity index (χ2n) is 7.92. The van der Waals surface area contributed by atoms with Crippen LogP contribution < -0.4 is 0 Å². The van der Waals surface area contributed by atoms with Gasteiger partial charge in [0.25, 0.3) is 5.95 Å². The molecule has 1 atom stereocenters. The zero-order valence-electron chi connectivity index (χ0n) is 16.6. The Bertz CT molecular complexity index is 962. The van der Waals surface area contributed by atoms with Gasteiger partial charge in [0.2, 0.25) is 0 Å². The van der Waals surface area contributed by atoms with Crippen LogP contribution in [-0.2, 0) is 5.41 Å². The highest BCUT2D eigenvalue weighted by molar-refractivity contribution is 9.10. The smallest absolute Gasteiger partial charge is 0.252 e. The molecule has 2 aromatic heterocycles. The summed E-state index contributed by atoms with van der Waals surface area (Å²) in [6, 6.07) is 7.72. The number of nitrogens with zero attached hydrogens (tertiary/aromatic N) is 5. The van der Waals surface area contributed by atoms with E-state index in [2.05, 4.69) is 62.8 Å². The van der Waals surface area contributed by atoms with Crippen molar-refractivity contribution in [2.45, 2.75) is 51.9 Å². The number of hydrogen-bond acceptors (Lipinski definition) is 5. The highest BCUT2D eigenvalue weighted by Crippen LogP contribution is 2.28. The van der Waals surface area contributed by atoms with Gasteiger partial charge in [0.15, 0.2) is 5.78 Å². The summed E-state index contributed by atoms with van der Waals surface area (Å²) in [5.74, 6) is 1.41. The normalized spacial score (nSPS) is 12.8. The molecule has 0 saturated carbocycles. The number of aromatic nitrogens is 5. The molecule has 1 aromatic carbocycles. The van der Waals surface area contributed by atoms with Gasteiger partial charge in [-0.1, -0.05) is 43.6 Å². The molecule has 0 aliphatic carbocycles. The van der Waals surface area contributed by atoms with Gasteiger partial charge in [-0.05, 0) is 41.7 Å². The largest absolute Gasteiger partial charge is 0.294 e. The first kappa shape index (κ1) is 20.3. The Hall–Kier alpha value is -2.41. The van der Waals surface area contributed by atoms with Crippen LogP contribution in [0.25, 0.3) is 5.95 Å². The fourth-order valence-electron chi connectivity index (χ4n) is 2.95. The average molecular weight is 442 g/mol. The molecule has 28 heavy (non-hydrogen) atoms. The van der Waals surface area contributed by atoms with Crippen molar-refractivity contribution in [1.82, 2.24) is 24.7 Å². The Labute approximate surface area is 173 Å². The third-order valence-electron chi connectivity index (χ3n) is 4.65. The fourth-order valence-corrected chi connectivity index (χ4v) is 3.44. The summed E-state index contributed by atoms with van der Waals surface area (Å²) >= 11 is 3.53. The van der Waals surface area contributed by atoms with Crippen molar-refractivity contribution in [3.8, 4) is 5.95 Å². The standard InChI is InChI=1S/C21H24BrN5O/c1-14(19-25-13-26-27(19)20-23-8-5-9-24-20)6-7-18(28)15-10-16(21(2,3)4)12-17(22)11-15/h5,8-14H,6-7H2,1-4H3. The van der Waals surface area contributed by atoms with Crippen molar-refractivity contribution in [2.24, 2.45) is 0 Å². The number of ketones is 1. The molecule has 146 valence electrons. The Kier molecular flexibility index (Phi) is 6.03. The predicted molar refractivity (Wildman–Crippen MR) is 112 cm³/mol. The molecule has 0 aliphatic rings. The van der Waals surface area contributed by atoms with Crippen LogP contribution in [0.2, 0.25) is 0 Å². The molecule has 1 unspecified atom stereocenters. The lowest BCUT2D eigenvalue weighted by atomic mass is 9.85. The first-order chi connectivity index (χ1) is 13.3. The van der Waals surface area contributed by atoms with E-state index in [4.69, 9.17) is 0 Å². The molecule has 3 aromatic rings. The second kappa shape index (κ2) is 8.31. The lowest BCUT2D eigenvalue weighted by molar-refractivity contribution is 0.0977. The summed E-state index contributed by atoms with van der Waals surface area (Å²) in [5, 5.41) is 4.23. The third-order valence-corrected chi connectivity index (χ3v) is 5.10. The van der Waals surface area contributed by atoms with Crippen molar-refractivity contribution in [3.05, 3.63) is 64.4 Å². The molecule has 2 heterocycles. The van der Waals surface area contributed by atoms with Gasteiger partial charge in [-0.3, -0.25) is 4.79 Å². The van der Waals surface area contributed by atoms with Crippen LogP contribution in [0.3, 0.4) is 0 Å². The van der Waals surface area contributed by atoms with Gasteiger partial charge < -0.3 is 0 Å². The maximum absolute atomic E-state index is 12.8. The molecule has 0 amide bonds. The predicted octanol–water partition coefficient (Wildman–Crippen LogP) is 4.88. The van der Waals surface area contributed by atoms with E-state index in [9.17, 15) is 4.79 Å². The lowest BCUT2D eigenvalue weighted by Crippen LogP contribution is -2.13. The van der Waals surface area contributed by atoms with Crippen LogP contribution in [0.5, 0.6) is 0 Å². The van der Waals surface area contributed by atoms with Crippen LogP contribution in [0.4, 0.5) is 0 Å². The monoisotopic (exact) mass is 441 g/mol. The topological polar surface area (TPSA) is 73.6 Å². The van der Waals surface area contributed by atoms with E-state index in [1.165, 1.54) is 6.33 Å². The highest BCUT2D eigenvalue weighted by atomic mass is 79.9. The van der Waals surface area contributed by atoms with Crippen LogP contribution in [0, 0.1) is 0 Å². The zero-order chi connectivity index (χ0) is 20.3. The van der Waals surface area contributed by atoms with Gasteiger partial charge in [-0.2, -0.15) is 9.78 Å². The number of carbonyl (C=O) groups is 1. The molecular formula is C21H24BrN5O.